The van der Waals surface area contributed by atoms with E-state index < -0.39 is 11.6 Å². The minimum absolute atomic E-state index is 0.0600. The number of hydrogen-bond donors (Lipinski definition) is 1. The summed E-state index contributed by atoms with van der Waals surface area (Å²) in [5.74, 6) is -1.08. The first kappa shape index (κ1) is 11.9. The molecule has 0 spiro atoms. The molecule has 0 saturated carbocycles. The summed E-state index contributed by atoms with van der Waals surface area (Å²) in [6.45, 7) is 6.22. The van der Waals surface area contributed by atoms with Crippen molar-refractivity contribution in [1.82, 2.24) is 5.32 Å². The van der Waals surface area contributed by atoms with E-state index in [1.54, 1.807) is 6.08 Å². The highest BCUT2D eigenvalue weighted by Gasteiger charge is 2.07. The second kappa shape index (κ2) is 5.61. The van der Waals surface area contributed by atoms with E-state index in [2.05, 4.69) is 11.9 Å². The largest absolute Gasteiger partial charge is 0.310 e. The van der Waals surface area contributed by atoms with Gasteiger partial charge in [-0.2, -0.15) is 0 Å². The van der Waals surface area contributed by atoms with Crippen LogP contribution in [0.3, 0.4) is 0 Å². The lowest BCUT2D eigenvalue weighted by molar-refractivity contribution is 0.549. The second-order valence-corrected chi connectivity index (χ2v) is 3.46. The molecular weight excluding hydrogens is 196 g/mol. The van der Waals surface area contributed by atoms with E-state index in [-0.39, 0.29) is 6.04 Å². The van der Waals surface area contributed by atoms with Crippen molar-refractivity contribution < 1.29 is 8.78 Å². The van der Waals surface area contributed by atoms with Gasteiger partial charge in [-0.05, 0) is 37.6 Å². The number of nitrogens with one attached hydrogen (secondary N) is 1. The lowest BCUT2D eigenvalue weighted by Crippen LogP contribution is -2.19. The van der Waals surface area contributed by atoms with Gasteiger partial charge < -0.3 is 5.32 Å². The molecule has 0 saturated heterocycles. The van der Waals surface area contributed by atoms with Gasteiger partial charge in [-0.15, -0.1) is 6.58 Å². The molecule has 0 heterocycles. The Hall–Kier alpha value is -1.22. The first-order chi connectivity index (χ1) is 7.13. The quantitative estimate of drug-likeness (QED) is 0.582. The Morgan fingerprint density at radius 2 is 1.93 bits per heavy atom. The van der Waals surface area contributed by atoms with Crippen molar-refractivity contribution >= 4 is 0 Å². The fraction of sp³-hybridized carbons (Fsp3) is 0.333. The van der Waals surface area contributed by atoms with Crippen molar-refractivity contribution in [2.24, 2.45) is 0 Å². The van der Waals surface area contributed by atoms with Crippen LogP contribution in [0.5, 0.6) is 0 Å². The minimum Gasteiger partial charge on any atom is -0.310 e. The maximum Gasteiger partial charge on any atom is 0.126 e. The zero-order chi connectivity index (χ0) is 11.3. The molecule has 15 heavy (non-hydrogen) atoms. The van der Waals surface area contributed by atoms with Crippen molar-refractivity contribution in [2.75, 3.05) is 6.54 Å². The third-order valence-corrected chi connectivity index (χ3v) is 2.18. The van der Waals surface area contributed by atoms with Gasteiger partial charge in [0, 0.05) is 12.1 Å². The van der Waals surface area contributed by atoms with E-state index in [0.717, 1.165) is 19.0 Å². The summed E-state index contributed by atoms with van der Waals surface area (Å²) in [7, 11) is 0. The number of benzene rings is 1. The molecule has 0 aliphatic carbocycles. The van der Waals surface area contributed by atoms with E-state index in [1.807, 2.05) is 6.92 Å². The summed E-state index contributed by atoms with van der Waals surface area (Å²) in [4.78, 5) is 0. The van der Waals surface area contributed by atoms with Gasteiger partial charge in [0.15, 0.2) is 0 Å². The summed E-state index contributed by atoms with van der Waals surface area (Å²) >= 11 is 0. The first-order valence-electron chi connectivity index (χ1n) is 4.93. The summed E-state index contributed by atoms with van der Waals surface area (Å²) in [6.07, 6.45) is 2.63. The molecule has 0 aromatic heterocycles. The summed E-state index contributed by atoms with van der Waals surface area (Å²) in [5.41, 5.74) is 0.622. The predicted octanol–water partition coefficient (Wildman–Crippen LogP) is 3.19. The molecule has 1 unspecified atom stereocenters. The van der Waals surface area contributed by atoms with Gasteiger partial charge >= 0.3 is 0 Å². The number of halogens is 2. The topological polar surface area (TPSA) is 12.0 Å². The van der Waals surface area contributed by atoms with Gasteiger partial charge in [-0.3, -0.25) is 0 Å². The lowest BCUT2D eigenvalue weighted by Gasteiger charge is -2.13. The van der Waals surface area contributed by atoms with Gasteiger partial charge in [-0.25, -0.2) is 8.78 Å². The standard InChI is InChI=1S/C12H15F2N/c1-3-4-5-15-9(2)10-6-11(13)8-12(14)7-10/h3,6-9,15H,1,4-5H2,2H3. The molecule has 82 valence electrons. The van der Waals surface area contributed by atoms with Crippen LogP contribution in [0.4, 0.5) is 8.78 Å². The molecule has 1 atom stereocenters. The maximum absolute atomic E-state index is 12.9. The second-order valence-electron chi connectivity index (χ2n) is 3.46. The predicted molar refractivity (Wildman–Crippen MR) is 57.6 cm³/mol. The van der Waals surface area contributed by atoms with E-state index in [9.17, 15) is 8.78 Å². The monoisotopic (exact) mass is 211 g/mol. The summed E-state index contributed by atoms with van der Waals surface area (Å²) in [5, 5.41) is 3.15. The van der Waals surface area contributed by atoms with Crippen LogP contribution < -0.4 is 5.32 Å². The fourth-order valence-electron chi connectivity index (χ4n) is 1.34. The van der Waals surface area contributed by atoms with Crippen LogP contribution >= 0.6 is 0 Å². The van der Waals surface area contributed by atoms with Crippen LogP contribution in [-0.4, -0.2) is 6.54 Å². The van der Waals surface area contributed by atoms with Gasteiger partial charge in [0.05, 0.1) is 0 Å². The van der Waals surface area contributed by atoms with E-state index in [1.165, 1.54) is 12.1 Å². The Bertz CT molecular complexity index is 316. The lowest BCUT2D eigenvalue weighted by atomic mass is 10.1. The zero-order valence-corrected chi connectivity index (χ0v) is 8.76. The normalized spacial score (nSPS) is 12.5. The highest BCUT2D eigenvalue weighted by molar-refractivity contribution is 5.20. The first-order valence-corrected chi connectivity index (χ1v) is 4.93. The summed E-state index contributed by atoms with van der Waals surface area (Å²) < 4.78 is 25.8. The Labute approximate surface area is 88.8 Å². The van der Waals surface area contributed by atoms with E-state index in [0.29, 0.717) is 5.56 Å². The summed E-state index contributed by atoms with van der Waals surface area (Å²) in [6, 6.07) is 3.50. The van der Waals surface area contributed by atoms with Crippen molar-refractivity contribution in [3.63, 3.8) is 0 Å². The van der Waals surface area contributed by atoms with Crippen LogP contribution in [0.1, 0.15) is 24.9 Å². The third kappa shape index (κ3) is 3.80. The van der Waals surface area contributed by atoms with Crippen LogP contribution in [-0.2, 0) is 0 Å². The molecule has 3 heteroatoms. The molecule has 1 aromatic carbocycles. The SMILES string of the molecule is C=CCCNC(C)c1cc(F)cc(F)c1. The Kier molecular flexibility index (Phi) is 4.43. The Balaban J connectivity index is 2.64. The van der Waals surface area contributed by atoms with E-state index >= 15 is 0 Å². The van der Waals surface area contributed by atoms with Crippen molar-refractivity contribution in [2.45, 2.75) is 19.4 Å². The molecular formula is C12H15F2N. The molecule has 0 bridgehead atoms. The molecule has 1 nitrogen and oxygen atoms in total. The van der Waals surface area contributed by atoms with Crippen LogP contribution in [0.2, 0.25) is 0 Å². The van der Waals surface area contributed by atoms with Gasteiger partial charge in [0.1, 0.15) is 11.6 Å². The molecule has 0 fully saturated rings. The zero-order valence-electron chi connectivity index (χ0n) is 8.76. The average molecular weight is 211 g/mol. The molecule has 0 aliphatic heterocycles. The molecule has 1 aromatic rings. The smallest absolute Gasteiger partial charge is 0.126 e. The third-order valence-electron chi connectivity index (χ3n) is 2.18. The Morgan fingerprint density at radius 3 is 2.47 bits per heavy atom. The van der Waals surface area contributed by atoms with E-state index in [4.69, 9.17) is 0 Å². The molecule has 1 N–H and O–H groups in total. The van der Waals surface area contributed by atoms with Crippen LogP contribution in [0.15, 0.2) is 30.9 Å². The van der Waals surface area contributed by atoms with Crippen LogP contribution in [0.25, 0.3) is 0 Å². The van der Waals surface area contributed by atoms with Gasteiger partial charge in [0.25, 0.3) is 0 Å². The average Bonchev–Trinajstić information content (AvgIpc) is 2.16. The Morgan fingerprint density at radius 1 is 1.33 bits per heavy atom. The highest BCUT2D eigenvalue weighted by Crippen LogP contribution is 2.15. The van der Waals surface area contributed by atoms with Gasteiger partial charge in [-0.1, -0.05) is 6.08 Å². The number of rotatable bonds is 5. The van der Waals surface area contributed by atoms with Gasteiger partial charge in [0.2, 0.25) is 0 Å². The van der Waals surface area contributed by atoms with Crippen molar-refractivity contribution in [1.29, 1.82) is 0 Å². The van der Waals surface area contributed by atoms with Crippen molar-refractivity contribution in [3.8, 4) is 0 Å². The molecule has 0 amide bonds. The maximum atomic E-state index is 12.9. The minimum atomic E-state index is -0.539. The van der Waals surface area contributed by atoms with Crippen molar-refractivity contribution in [3.05, 3.63) is 48.1 Å². The molecule has 0 radical (unpaired) electrons. The highest BCUT2D eigenvalue weighted by atomic mass is 19.1. The number of hydrogen-bond acceptors (Lipinski definition) is 1. The molecule has 1 rings (SSSR count). The fourth-order valence-corrected chi connectivity index (χ4v) is 1.34. The van der Waals surface area contributed by atoms with Crippen LogP contribution in [0, 0.1) is 11.6 Å². The molecule has 0 aliphatic rings.